The minimum Gasteiger partial charge on any atom is -0.462 e. The zero-order valence-corrected chi connectivity index (χ0v) is 19.7. The molecule has 0 unspecified atom stereocenters. The van der Waals surface area contributed by atoms with Crippen LogP contribution in [0.2, 0.25) is 0 Å². The van der Waals surface area contributed by atoms with Crippen LogP contribution in [0, 0.1) is 0 Å². The van der Waals surface area contributed by atoms with Crippen LogP contribution in [0.1, 0.15) is 48.5 Å². The fourth-order valence-electron chi connectivity index (χ4n) is 4.97. The molecule has 0 bridgehead atoms. The molecule has 2 aromatic rings. The number of benzene rings is 1. The van der Waals surface area contributed by atoms with E-state index in [9.17, 15) is 31.2 Å². The van der Waals surface area contributed by atoms with Gasteiger partial charge in [0.2, 0.25) is 0 Å². The summed E-state index contributed by atoms with van der Waals surface area (Å²) in [4.78, 5) is 26.9. The molecule has 0 radical (unpaired) electrons. The second kappa shape index (κ2) is 8.00. The van der Waals surface area contributed by atoms with E-state index in [2.05, 4.69) is 4.18 Å². The number of ether oxygens (including phenoxy) is 1. The summed E-state index contributed by atoms with van der Waals surface area (Å²) < 4.78 is 74.4. The van der Waals surface area contributed by atoms with Crippen LogP contribution in [-0.4, -0.2) is 44.2 Å². The van der Waals surface area contributed by atoms with Crippen LogP contribution in [0.4, 0.5) is 18.9 Å². The number of pyridine rings is 1. The lowest BCUT2D eigenvalue weighted by atomic mass is 9.69. The maximum absolute atomic E-state index is 13.1. The van der Waals surface area contributed by atoms with Gasteiger partial charge in [-0.05, 0) is 56.7 Å². The van der Waals surface area contributed by atoms with E-state index < -0.39 is 32.6 Å². The zero-order valence-electron chi connectivity index (χ0n) is 18.9. The average Bonchev–Trinajstić information content (AvgIpc) is 2.70. The van der Waals surface area contributed by atoms with E-state index in [0.717, 1.165) is 25.7 Å². The molecule has 2 fully saturated rings. The number of esters is 1. The van der Waals surface area contributed by atoms with E-state index in [4.69, 9.17) is 4.74 Å². The van der Waals surface area contributed by atoms with E-state index in [0.29, 0.717) is 36.3 Å². The van der Waals surface area contributed by atoms with Gasteiger partial charge in [-0.3, -0.25) is 4.79 Å². The Morgan fingerprint density at radius 3 is 2.40 bits per heavy atom. The molecule has 0 N–H and O–H groups in total. The van der Waals surface area contributed by atoms with Crippen LogP contribution in [0.15, 0.2) is 29.2 Å². The third kappa shape index (κ3) is 3.78. The standard InChI is InChI=1S/C23H23F3N2O6S/c1-2-33-21(30)16-13-28-17(11-19(16)29)15-10-18(27-7-4-8-27)20(34-35(31,32)23(24,25)26)9-14(15)12-22(28)5-3-6-22/h9-11,13H,2-8,12H2,1H3. The molecule has 0 amide bonds. The number of carbonyl (C=O) groups excluding carboxylic acids is 1. The predicted octanol–water partition coefficient (Wildman–Crippen LogP) is 3.57. The minimum atomic E-state index is -5.86. The van der Waals surface area contributed by atoms with Crippen LogP contribution in [0.5, 0.6) is 5.75 Å². The number of carbonyl (C=O) groups is 1. The number of halogens is 3. The lowest BCUT2D eigenvalue weighted by molar-refractivity contribution is -0.0500. The first-order valence-corrected chi connectivity index (χ1v) is 12.7. The topological polar surface area (TPSA) is 94.9 Å². The summed E-state index contributed by atoms with van der Waals surface area (Å²) in [6.07, 6.45) is 5.06. The molecule has 1 aromatic carbocycles. The highest BCUT2D eigenvalue weighted by atomic mass is 32.2. The Balaban J connectivity index is 1.68. The first-order chi connectivity index (χ1) is 16.5. The van der Waals surface area contributed by atoms with Crippen molar-refractivity contribution in [2.45, 2.75) is 50.1 Å². The average molecular weight is 513 g/mol. The first-order valence-electron chi connectivity index (χ1n) is 11.3. The Kier molecular flexibility index (Phi) is 5.42. The molecule has 2 aliphatic heterocycles. The van der Waals surface area contributed by atoms with Gasteiger partial charge in [-0.2, -0.15) is 21.6 Å². The molecule has 35 heavy (non-hydrogen) atoms. The molecule has 1 aromatic heterocycles. The molecule has 1 spiro atoms. The van der Waals surface area contributed by atoms with Crippen molar-refractivity contribution in [3.63, 3.8) is 0 Å². The molecule has 1 saturated carbocycles. The van der Waals surface area contributed by atoms with Gasteiger partial charge in [-0.15, -0.1) is 0 Å². The first kappa shape index (κ1) is 23.7. The second-order valence-corrected chi connectivity index (χ2v) is 10.6. The van der Waals surface area contributed by atoms with Gasteiger partial charge in [0, 0.05) is 36.5 Å². The van der Waals surface area contributed by atoms with Gasteiger partial charge in [0.15, 0.2) is 11.2 Å². The summed E-state index contributed by atoms with van der Waals surface area (Å²) in [6.45, 7) is 2.82. The smallest absolute Gasteiger partial charge is 0.462 e. The molecule has 1 saturated heterocycles. The summed E-state index contributed by atoms with van der Waals surface area (Å²) in [5.41, 5.74) is -4.73. The monoisotopic (exact) mass is 512 g/mol. The van der Waals surface area contributed by atoms with Crippen molar-refractivity contribution < 1.29 is 35.3 Å². The van der Waals surface area contributed by atoms with Crippen molar-refractivity contribution in [1.29, 1.82) is 0 Å². The van der Waals surface area contributed by atoms with E-state index in [1.807, 2.05) is 4.57 Å². The Labute approximate surface area is 199 Å². The van der Waals surface area contributed by atoms with Gasteiger partial charge in [0.05, 0.1) is 18.0 Å². The molecule has 8 nitrogen and oxygen atoms in total. The number of aromatic nitrogens is 1. The maximum Gasteiger partial charge on any atom is 0.534 e. The number of rotatable bonds is 5. The molecule has 3 heterocycles. The van der Waals surface area contributed by atoms with Gasteiger partial charge in [0.1, 0.15) is 5.56 Å². The summed E-state index contributed by atoms with van der Waals surface area (Å²) in [5, 5.41) is 0. The molecule has 0 atom stereocenters. The van der Waals surface area contributed by atoms with Crippen LogP contribution in [0.3, 0.4) is 0 Å². The highest BCUT2D eigenvalue weighted by Gasteiger charge is 2.49. The molecule has 1 aliphatic carbocycles. The van der Waals surface area contributed by atoms with Gasteiger partial charge < -0.3 is 18.4 Å². The highest BCUT2D eigenvalue weighted by Crippen LogP contribution is 2.51. The van der Waals surface area contributed by atoms with Crippen molar-refractivity contribution >= 4 is 21.8 Å². The van der Waals surface area contributed by atoms with Crippen molar-refractivity contribution in [2.75, 3.05) is 24.6 Å². The molecule has 12 heteroatoms. The third-order valence-electron chi connectivity index (χ3n) is 7.00. The van der Waals surface area contributed by atoms with Crippen LogP contribution in [0.25, 0.3) is 11.3 Å². The molecular formula is C23H23F3N2O6S. The highest BCUT2D eigenvalue weighted by molar-refractivity contribution is 7.88. The molecule has 5 rings (SSSR count). The van der Waals surface area contributed by atoms with Gasteiger partial charge in [0.25, 0.3) is 0 Å². The maximum atomic E-state index is 13.1. The largest absolute Gasteiger partial charge is 0.534 e. The Hall–Kier alpha value is -3.02. The van der Waals surface area contributed by atoms with Gasteiger partial charge >= 0.3 is 21.6 Å². The minimum absolute atomic E-state index is 0.0792. The zero-order chi connectivity index (χ0) is 25.2. The van der Waals surface area contributed by atoms with Crippen molar-refractivity contribution in [2.24, 2.45) is 0 Å². The Morgan fingerprint density at radius 1 is 1.14 bits per heavy atom. The quantitative estimate of drug-likeness (QED) is 0.343. The fourth-order valence-corrected chi connectivity index (χ4v) is 5.43. The van der Waals surface area contributed by atoms with Gasteiger partial charge in [-0.25, -0.2) is 4.79 Å². The molecular weight excluding hydrogens is 489 g/mol. The normalized spacial score (nSPS) is 18.2. The third-order valence-corrected chi connectivity index (χ3v) is 7.97. The van der Waals surface area contributed by atoms with Crippen molar-refractivity contribution in [3.05, 3.63) is 45.7 Å². The number of hydrogen-bond donors (Lipinski definition) is 0. The number of anilines is 1. The van der Waals surface area contributed by atoms with Crippen LogP contribution < -0.4 is 14.5 Å². The van der Waals surface area contributed by atoms with E-state index in [1.54, 1.807) is 17.9 Å². The number of fused-ring (bicyclic) bond motifs is 4. The number of hydrogen-bond acceptors (Lipinski definition) is 7. The fraction of sp³-hybridized carbons (Fsp3) is 0.478. The van der Waals surface area contributed by atoms with Crippen LogP contribution in [-0.2, 0) is 26.8 Å². The Bertz CT molecular complexity index is 1370. The molecule has 3 aliphatic rings. The number of nitrogens with zero attached hydrogens (tertiary/aromatic N) is 2. The van der Waals surface area contributed by atoms with Crippen molar-refractivity contribution in [3.8, 4) is 17.0 Å². The SMILES string of the molecule is CCOC(=O)c1cn2c(cc1=O)-c1cc(N3CCC3)c(OS(=O)(=O)C(F)(F)F)cc1CC21CCC1. The predicted molar refractivity (Wildman–Crippen MR) is 120 cm³/mol. The van der Waals surface area contributed by atoms with Crippen molar-refractivity contribution in [1.82, 2.24) is 4.57 Å². The lowest BCUT2D eigenvalue weighted by Gasteiger charge is -2.49. The second-order valence-electron chi connectivity index (χ2n) is 9.08. The number of alkyl halides is 3. The summed E-state index contributed by atoms with van der Waals surface area (Å²) in [5.74, 6) is -1.09. The van der Waals surface area contributed by atoms with E-state index >= 15 is 0 Å². The van der Waals surface area contributed by atoms with E-state index in [-0.39, 0.29) is 23.6 Å². The summed E-state index contributed by atoms with van der Waals surface area (Å²) >= 11 is 0. The lowest BCUT2D eigenvalue weighted by Crippen LogP contribution is -2.46. The Morgan fingerprint density at radius 2 is 1.86 bits per heavy atom. The summed E-state index contributed by atoms with van der Waals surface area (Å²) in [6, 6.07) is 4.27. The van der Waals surface area contributed by atoms with Gasteiger partial charge in [-0.1, -0.05) is 0 Å². The summed E-state index contributed by atoms with van der Waals surface area (Å²) in [7, 11) is -5.86. The molecule has 188 valence electrons. The van der Waals surface area contributed by atoms with E-state index in [1.165, 1.54) is 18.3 Å². The van der Waals surface area contributed by atoms with Crippen LogP contribution >= 0.6 is 0 Å².